The Morgan fingerprint density at radius 2 is 1.80 bits per heavy atom. The van der Waals surface area contributed by atoms with Crippen LogP contribution in [0.3, 0.4) is 0 Å². The first-order valence-electron chi connectivity index (χ1n) is 6.63. The van der Waals surface area contributed by atoms with Crippen LogP contribution >= 0.6 is 0 Å². The van der Waals surface area contributed by atoms with Gasteiger partial charge in [-0.1, -0.05) is 6.92 Å². The summed E-state index contributed by atoms with van der Waals surface area (Å²) in [6.45, 7) is 9.20. The number of aliphatic carboxylic acids is 1. The lowest BCUT2D eigenvalue weighted by molar-refractivity contribution is -0.134. The van der Waals surface area contributed by atoms with Crippen molar-refractivity contribution in [3.05, 3.63) is 0 Å². The maximum absolute atomic E-state index is 11.9. The molecule has 1 rings (SSSR count). The van der Waals surface area contributed by atoms with Gasteiger partial charge in [0, 0.05) is 19.9 Å². The molecule has 0 aromatic carbocycles. The van der Waals surface area contributed by atoms with Gasteiger partial charge in [0.05, 0.1) is 0 Å². The summed E-state index contributed by atoms with van der Waals surface area (Å²) in [6.07, 6.45) is 1.09. The van der Waals surface area contributed by atoms with Crippen LogP contribution < -0.4 is 11.5 Å². The van der Waals surface area contributed by atoms with Crippen LogP contribution in [0.4, 0.5) is 4.79 Å². The second kappa shape index (κ2) is 6.90. The van der Waals surface area contributed by atoms with Gasteiger partial charge >= 0.3 is 6.09 Å². The zero-order valence-corrected chi connectivity index (χ0v) is 13.0. The van der Waals surface area contributed by atoms with Gasteiger partial charge in [0.1, 0.15) is 11.4 Å². The summed E-state index contributed by atoms with van der Waals surface area (Å²) in [4.78, 5) is 22.3. The Hall–Kier alpha value is -1.34. The van der Waals surface area contributed by atoms with Gasteiger partial charge in [-0.3, -0.25) is 21.2 Å². The summed E-state index contributed by atoms with van der Waals surface area (Å²) in [7, 11) is 0. The van der Waals surface area contributed by atoms with Crippen molar-refractivity contribution >= 4 is 12.1 Å². The molecule has 0 bridgehead atoms. The molecule has 0 aliphatic carbocycles. The first-order chi connectivity index (χ1) is 8.85. The average Bonchev–Trinajstić information content (AvgIpc) is 2.10. The van der Waals surface area contributed by atoms with E-state index in [1.165, 1.54) is 4.90 Å². The third-order valence-electron chi connectivity index (χ3n) is 2.64. The molecule has 20 heavy (non-hydrogen) atoms. The maximum Gasteiger partial charge on any atom is 0.412 e. The predicted octanol–water partition coefficient (Wildman–Crippen LogP) is 1.32. The fourth-order valence-corrected chi connectivity index (χ4v) is 1.91. The summed E-state index contributed by atoms with van der Waals surface area (Å²) in [5.74, 6) is -1.48. The largest absolute Gasteiger partial charge is 0.481 e. The minimum Gasteiger partial charge on any atom is -0.481 e. The molecule has 1 aliphatic heterocycles. The minimum absolute atomic E-state index is 0.426. The molecule has 0 aromatic heterocycles. The second-order valence-electron chi connectivity index (χ2n) is 6.24. The van der Waals surface area contributed by atoms with E-state index in [-0.39, 0.29) is 0 Å². The van der Waals surface area contributed by atoms with Gasteiger partial charge < -0.3 is 9.84 Å². The fourth-order valence-electron chi connectivity index (χ4n) is 1.91. The number of hydrogen-bond acceptors (Lipinski definition) is 5. The lowest BCUT2D eigenvalue weighted by Gasteiger charge is -2.43. The van der Waals surface area contributed by atoms with Crippen molar-refractivity contribution in [3.63, 3.8) is 0 Å². The van der Waals surface area contributed by atoms with E-state index in [0.29, 0.717) is 18.9 Å². The first-order valence-corrected chi connectivity index (χ1v) is 6.63. The highest BCUT2D eigenvalue weighted by atomic mass is 16.6. The number of carboxylic acids is 1. The van der Waals surface area contributed by atoms with Gasteiger partial charge in [0.2, 0.25) is 0 Å². The van der Waals surface area contributed by atoms with Crippen molar-refractivity contribution in [2.45, 2.75) is 58.8 Å². The Labute approximate surface area is 120 Å². The molecule has 0 aromatic rings. The predicted molar refractivity (Wildman–Crippen MR) is 75.8 cm³/mol. The lowest BCUT2D eigenvalue weighted by atomic mass is 9.94. The molecular weight excluding hydrogens is 262 g/mol. The topological polar surface area (TPSA) is 119 Å². The zero-order chi connectivity index (χ0) is 16.1. The van der Waals surface area contributed by atoms with Gasteiger partial charge in [-0.25, -0.2) is 4.79 Å². The molecule has 7 nitrogen and oxygen atoms in total. The van der Waals surface area contributed by atoms with Crippen molar-refractivity contribution in [2.75, 3.05) is 6.54 Å². The Kier molecular flexibility index (Phi) is 6.43. The SMILES string of the molecule is CC(=O)O.CC1CCN(C(=O)OC(C)(C)C)C(N)(N)C1. The number of rotatable bonds is 0. The van der Waals surface area contributed by atoms with Crippen molar-refractivity contribution in [3.8, 4) is 0 Å². The molecule has 1 saturated heterocycles. The normalized spacial score (nSPS) is 21.6. The molecular formula is C13H27N3O4. The molecule has 5 N–H and O–H groups in total. The van der Waals surface area contributed by atoms with Crippen LogP contribution in [0.15, 0.2) is 0 Å². The molecule has 1 heterocycles. The quantitative estimate of drug-likeness (QED) is 0.578. The van der Waals surface area contributed by atoms with Crippen molar-refractivity contribution in [1.29, 1.82) is 0 Å². The average molecular weight is 289 g/mol. The second-order valence-corrected chi connectivity index (χ2v) is 6.24. The molecule has 1 fully saturated rings. The van der Waals surface area contributed by atoms with Crippen LogP contribution in [-0.2, 0) is 9.53 Å². The third-order valence-corrected chi connectivity index (χ3v) is 2.64. The monoisotopic (exact) mass is 289 g/mol. The number of ether oxygens (including phenoxy) is 1. The number of nitrogens with zero attached hydrogens (tertiary/aromatic N) is 1. The number of hydrogen-bond donors (Lipinski definition) is 3. The van der Waals surface area contributed by atoms with E-state index in [1.54, 1.807) is 0 Å². The molecule has 7 heteroatoms. The highest BCUT2D eigenvalue weighted by Crippen LogP contribution is 2.25. The van der Waals surface area contributed by atoms with Crippen LogP contribution in [0, 0.1) is 5.92 Å². The van der Waals surface area contributed by atoms with Gasteiger partial charge in [0.15, 0.2) is 0 Å². The van der Waals surface area contributed by atoms with E-state index >= 15 is 0 Å². The summed E-state index contributed by atoms with van der Waals surface area (Å²) in [6, 6.07) is 0. The molecule has 1 atom stereocenters. The van der Waals surface area contributed by atoms with Gasteiger partial charge in [-0.15, -0.1) is 0 Å². The van der Waals surface area contributed by atoms with Crippen LogP contribution in [0.5, 0.6) is 0 Å². The van der Waals surface area contributed by atoms with Crippen LogP contribution in [0.25, 0.3) is 0 Å². The van der Waals surface area contributed by atoms with E-state index in [2.05, 4.69) is 6.92 Å². The third kappa shape index (κ3) is 7.30. The van der Waals surface area contributed by atoms with Crippen LogP contribution in [0.2, 0.25) is 0 Å². The minimum atomic E-state index is -1.08. The summed E-state index contributed by atoms with van der Waals surface area (Å²) < 4.78 is 5.28. The van der Waals surface area contributed by atoms with E-state index in [4.69, 9.17) is 26.1 Å². The van der Waals surface area contributed by atoms with Crippen LogP contribution in [0.1, 0.15) is 47.5 Å². The van der Waals surface area contributed by atoms with E-state index in [9.17, 15) is 4.79 Å². The van der Waals surface area contributed by atoms with E-state index < -0.39 is 23.5 Å². The van der Waals surface area contributed by atoms with Gasteiger partial charge in [-0.2, -0.15) is 0 Å². The Bertz CT molecular complexity index is 346. The Balaban J connectivity index is 0.000000796. The molecule has 0 radical (unpaired) electrons. The standard InChI is InChI=1S/C11H23N3O2.C2H4O2/c1-8-5-6-14(11(12,13)7-8)9(15)16-10(2,3)4;1-2(3)4/h8H,5-7,12-13H2,1-4H3;1H3,(H,3,4). The zero-order valence-electron chi connectivity index (χ0n) is 13.0. The smallest absolute Gasteiger partial charge is 0.412 e. The molecule has 0 saturated carbocycles. The highest BCUT2D eigenvalue weighted by molar-refractivity contribution is 5.69. The lowest BCUT2D eigenvalue weighted by Crippen LogP contribution is -2.68. The number of likely N-dealkylation sites (tertiary alicyclic amines) is 1. The number of carboxylic acid groups (broad SMARTS) is 1. The van der Waals surface area contributed by atoms with Gasteiger partial charge in [0.25, 0.3) is 5.97 Å². The summed E-state index contributed by atoms with van der Waals surface area (Å²) in [5.41, 5.74) is 11.4. The van der Waals surface area contributed by atoms with Crippen molar-refractivity contribution in [2.24, 2.45) is 17.4 Å². The number of nitrogens with two attached hydrogens (primary N) is 2. The number of amides is 1. The van der Waals surface area contributed by atoms with Gasteiger partial charge in [-0.05, 0) is 33.1 Å². The Morgan fingerprint density at radius 3 is 2.15 bits per heavy atom. The number of piperidine rings is 1. The molecule has 1 amide bonds. The first kappa shape index (κ1) is 18.7. The number of carbonyl (C=O) groups is 2. The molecule has 1 aliphatic rings. The summed E-state index contributed by atoms with van der Waals surface area (Å²) in [5, 5.41) is 7.42. The van der Waals surface area contributed by atoms with E-state index in [1.807, 2.05) is 20.8 Å². The fraction of sp³-hybridized carbons (Fsp3) is 0.846. The van der Waals surface area contributed by atoms with Crippen molar-refractivity contribution in [1.82, 2.24) is 4.90 Å². The van der Waals surface area contributed by atoms with Crippen LogP contribution in [-0.4, -0.2) is 40.0 Å². The van der Waals surface area contributed by atoms with Crippen molar-refractivity contribution < 1.29 is 19.4 Å². The summed E-state index contributed by atoms with van der Waals surface area (Å²) >= 11 is 0. The molecule has 118 valence electrons. The molecule has 1 unspecified atom stereocenters. The van der Waals surface area contributed by atoms with E-state index in [0.717, 1.165) is 13.3 Å². The number of carbonyl (C=O) groups excluding carboxylic acids is 1. The Morgan fingerprint density at radius 1 is 1.35 bits per heavy atom. The maximum atomic E-state index is 11.9. The molecule has 0 spiro atoms. The highest BCUT2D eigenvalue weighted by Gasteiger charge is 2.39.